The van der Waals surface area contributed by atoms with Gasteiger partial charge in [0, 0.05) is 0 Å². The first-order valence-corrected chi connectivity index (χ1v) is 4.57. The molecule has 0 fully saturated rings. The van der Waals surface area contributed by atoms with E-state index in [-0.39, 0.29) is 12.4 Å². The highest BCUT2D eigenvalue weighted by Crippen LogP contribution is 2.11. The van der Waals surface area contributed by atoms with Gasteiger partial charge in [0.05, 0.1) is 6.10 Å². The Kier molecular flexibility index (Phi) is 3.75. The summed E-state index contributed by atoms with van der Waals surface area (Å²) >= 11 is 0. The number of nitro groups is 1. The van der Waals surface area contributed by atoms with Gasteiger partial charge in [0.15, 0.2) is 6.33 Å². The zero-order valence-electron chi connectivity index (χ0n) is 8.28. The molecule has 2 atom stereocenters. The van der Waals surface area contributed by atoms with Gasteiger partial charge in [-0.05, 0) is 11.3 Å². The minimum Gasteiger partial charge on any atom is -0.390 e. The molecule has 0 radical (unpaired) electrons. The third kappa shape index (κ3) is 2.74. The van der Waals surface area contributed by atoms with Gasteiger partial charge in [0.1, 0.15) is 18.8 Å². The SMILES string of the molecule is CCC(O)C(O)Cn1cncc1[N+](=O)[O-]. The molecule has 84 valence electrons. The summed E-state index contributed by atoms with van der Waals surface area (Å²) in [6.45, 7) is 1.68. The number of aromatic nitrogens is 2. The van der Waals surface area contributed by atoms with Crippen molar-refractivity contribution < 1.29 is 15.1 Å². The van der Waals surface area contributed by atoms with Gasteiger partial charge in [0.25, 0.3) is 0 Å². The van der Waals surface area contributed by atoms with Crippen molar-refractivity contribution >= 4 is 5.82 Å². The molecule has 0 aliphatic heterocycles. The maximum Gasteiger partial charge on any atom is 0.342 e. The van der Waals surface area contributed by atoms with Crippen molar-refractivity contribution in [2.75, 3.05) is 0 Å². The third-order valence-electron chi connectivity index (χ3n) is 2.12. The van der Waals surface area contributed by atoms with E-state index in [1.54, 1.807) is 6.92 Å². The number of aliphatic hydroxyl groups excluding tert-OH is 2. The van der Waals surface area contributed by atoms with E-state index in [0.717, 1.165) is 6.20 Å². The second-order valence-corrected chi connectivity index (χ2v) is 3.20. The molecule has 0 saturated heterocycles. The number of hydrogen-bond acceptors (Lipinski definition) is 5. The van der Waals surface area contributed by atoms with E-state index in [9.17, 15) is 20.3 Å². The summed E-state index contributed by atoms with van der Waals surface area (Å²) in [5.74, 6) is -0.197. The van der Waals surface area contributed by atoms with Crippen LogP contribution in [-0.2, 0) is 6.54 Å². The first-order valence-electron chi connectivity index (χ1n) is 4.57. The summed E-state index contributed by atoms with van der Waals surface area (Å²) < 4.78 is 1.20. The predicted molar refractivity (Wildman–Crippen MR) is 51.2 cm³/mol. The van der Waals surface area contributed by atoms with Crippen molar-refractivity contribution in [1.29, 1.82) is 0 Å². The predicted octanol–water partition coefficient (Wildman–Crippen LogP) is -0.0769. The van der Waals surface area contributed by atoms with Crippen LogP contribution in [0.5, 0.6) is 0 Å². The maximum absolute atomic E-state index is 10.5. The van der Waals surface area contributed by atoms with Crippen LogP contribution in [0.15, 0.2) is 12.5 Å². The van der Waals surface area contributed by atoms with Crippen molar-refractivity contribution in [1.82, 2.24) is 9.55 Å². The Balaban J connectivity index is 2.72. The molecule has 0 aromatic carbocycles. The largest absolute Gasteiger partial charge is 0.390 e. The van der Waals surface area contributed by atoms with Crippen LogP contribution in [0.3, 0.4) is 0 Å². The van der Waals surface area contributed by atoms with E-state index in [0.29, 0.717) is 6.42 Å². The number of rotatable bonds is 5. The Morgan fingerprint density at radius 1 is 1.60 bits per heavy atom. The summed E-state index contributed by atoms with van der Waals surface area (Å²) in [4.78, 5) is 13.5. The van der Waals surface area contributed by atoms with Crippen LogP contribution in [0, 0.1) is 10.1 Å². The normalized spacial score (nSPS) is 14.9. The number of imidazole rings is 1. The van der Waals surface area contributed by atoms with E-state index in [2.05, 4.69) is 4.98 Å². The smallest absolute Gasteiger partial charge is 0.342 e. The number of hydrogen-bond donors (Lipinski definition) is 2. The molecule has 0 amide bonds. The zero-order valence-corrected chi connectivity index (χ0v) is 8.28. The Hall–Kier alpha value is -1.47. The maximum atomic E-state index is 10.5. The lowest BCUT2D eigenvalue weighted by Gasteiger charge is -2.14. The second kappa shape index (κ2) is 4.85. The minimum absolute atomic E-state index is 0.0364. The fraction of sp³-hybridized carbons (Fsp3) is 0.625. The lowest BCUT2D eigenvalue weighted by atomic mass is 10.1. The average molecular weight is 215 g/mol. The molecule has 2 N–H and O–H groups in total. The van der Waals surface area contributed by atoms with Gasteiger partial charge >= 0.3 is 5.82 Å². The molecule has 0 bridgehead atoms. The van der Waals surface area contributed by atoms with Crippen molar-refractivity contribution in [2.24, 2.45) is 0 Å². The van der Waals surface area contributed by atoms with E-state index in [1.165, 1.54) is 10.9 Å². The van der Waals surface area contributed by atoms with Crippen molar-refractivity contribution in [2.45, 2.75) is 32.1 Å². The average Bonchev–Trinajstić information content (AvgIpc) is 2.64. The van der Waals surface area contributed by atoms with Gasteiger partial charge in [-0.1, -0.05) is 6.92 Å². The lowest BCUT2D eigenvalue weighted by molar-refractivity contribution is -0.392. The highest BCUT2D eigenvalue weighted by Gasteiger charge is 2.21. The molecule has 1 aromatic heterocycles. The lowest BCUT2D eigenvalue weighted by Crippen LogP contribution is -2.29. The van der Waals surface area contributed by atoms with Crippen LogP contribution >= 0.6 is 0 Å². The van der Waals surface area contributed by atoms with Crippen LogP contribution in [-0.4, -0.2) is 36.9 Å². The van der Waals surface area contributed by atoms with Crippen LogP contribution in [0.1, 0.15) is 13.3 Å². The van der Waals surface area contributed by atoms with Crippen LogP contribution in [0.25, 0.3) is 0 Å². The second-order valence-electron chi connectivity index (χ2n) is 3.20. The molecule has 0 spiro atoms. The molecule has 1 rings (SSSR count). The van der Waals surface area contributed by atoms with Gasteiger partial charge < -0.3 is 20.3 Å². The standard InChI is InChI=1S/C8H13N3O4/c1-2-6(12)7(13)4-10-5-9-3-8(10)11(14)15/h3,5-7,12-13H,2,4H2,1H3. The molecule has 0 aliphatic rings. The van der Waals surface area contributed by atoms with E-state index < -0.39 is 17.1 Å². The fourth-order valence-electron chi connectivity index (χ4n) is 1.20. The van der Waals surface area contributed by atoms with Crippen molar-refractivity contribution in [3.63, 3.8) is 0 Å². The molecule has 1 aromatic rings. The van der Waals surface area contributed by atoms with E-state index >= 15 is 0 Å². The molecule has 1 heterocycles. The number of nitrogens with zero attached hydrogens (tertiary/aromatic N) is 3. The monoisotopic (exact) mass is 215 g/mol. The van der Waals surface area contributed by atoms with Gasteiger partial charge in [0.2, 0.25) is 0 Å². The molecule has 0 aliphatic carbocycles. The van der Waals surface area contributed by atoms with Gasteiger partial charge in [-0.15, -0.1) is 0 Å². The molecule has 2 unspecified atom stereocenters. The minimum atomic E-state index is -1.03. The van der Waals surface area contributed by atoms with E-state index in [4.69, 9.17) is 0 Å². The van der Waals surface area contributed by atoms with Crippen molar-refractivity contribution in [3.8, 4) is 0 Å². The fourth-order valence-corrected chi connectivity index (χ4v) is 1.20. The summed E-state index contributed by atoms with van der Waals surface area (Å²) in [5, 5.41) is 29.3. The summed E-state index contributed by atoms with van der Waals surface area (Å²) in [6.07, 6.45) is 0.841. The molecular weight excluding hydrogens is 202 g/mol. The zero-order chi connectivity index (χ0) is 11.4. The highest BCUT2D eigenvalue weighted by molar-refractivity contribution is 5.14. The number of aliphatic hydroxyl groups is 2. The van der Waals surface area contributed by atoms with Gasteiger partial charge in [-0.2, -0.15) is 0 Å². The molecular formula is C8H13N3O4. The molecule has 15 heavy (non-hydrogen) atoms. The topological polar surface area (TPSA) is 101 Å². The molecule has 7 heteroatoms. The molecule has 0 saturated carbocycles. The van der Waals surface area contributed by atoms with Crippen molar-refractivity contribution in [3.05, 3.63) is 22.6 Å². The Labute approximate surface area is 86.1 Å². The van der Waals surface area contributed by atoms with E-state index in [1.807, 2.05) is 0 Å². The Bertz CT molecular complexity index is 338. The van der Waals surface area contributed by atoms with Crippen LogP contribution < -0.4 is 0 Å². The Morgan fingerprint density at radius 2 is 2.27 bits per heavy atom. The van der Waals surface area contributed by atoms with Crippen LogP contribution in [0.4, 0.5) is 5.82 Å². The quantitative estimate of drug-likeness (QED) is 0.528. The first kappa shape index (κ1) is 11.6. The summed E-state index contributed by atoms with van der Waals surface area (Å²) in [5.41, 5.74) is 0. The van der Waals surface area contributed by atoms with Gasteiger partial charge in [-0.3, -0.25) is 0 Å². The highest BCUT2D eigenvalue weighted by atomic mass is 16.6. The van der Waals surface area contributed by atoms with Crippen LogP contribution in [0.2, 0.25) is 0 Å². The summed E-state index contributed by atoms with van der Waals surface area (Å²) in [7, 11) is 0. The summed E-state index contributed by atoms with van der Waals surface area (Å²) in [6, 6.07) is 0. The Morgan fingerprint density at radius 3 is 2.80 bits per heavy atom. The third-order valence-corrected chi connectivity index (χ3v) is 2.12. The first-order chi connectivity index (χ1) is 7.06. The molecule has 7 nitrogen and oxygen atoms in total. The van der Waals surface area contributed by atoms with Gasteiger partial charge in [-0.25, -0.2) is 9.55 Å².